The highest BCUT2D eigenvalue weighted by Gasteiger charge is 2.33. The van der Waals surface area contributed by atoms with E-state index in [9.17, 15) is 9.18 Å². The quantitative estimate of drug-likeness (QED) is 0.905. The van der Waals surface area contributed by atoms with Gasteiger partial charge in [-0.2, -0.15) is 10.2 Å². The Labute approximate surface area is 133 Å². The number of amides is 1. The lowest BCUT2D eigenvalue weighted by molar-refractivity contribution is 0.0950. The number of halogens is 1. The van der Waals surface area contributed by atoms with Crippen LogP contribution in [0.25, 0.3) is 0 Å². The second-order valence-corrected chi connectivity index (χ2v) is 5.73. The minimum absolute atomic E-state index is 0.136. The van der Waals surface area contributed by atoms with Gasteiger partial charge in [-0.1, -0.05) is 0 Å². The number of carbonyl (C=O) groups excluding carboxylic acids is 1. The van der Waals surface area contributed by atoms with Crippen LogP contribution in [0.5, 0.6) is 0 Å². The van der Waals surface area contributed by atoms with Gasteiger partial charge in [0.15, 0.2) is 5.82 Å². The highest BCUT2D eigenvalue weighted by molar-refractivity contribution is 5.95. The lowest BCUT2D eigenvalue weighted by atomic mass is 10.2. The Bertz CT molecular complexity index is 689. The number of alkyl halides is 1. The summed E-state index contributed by atoms with van der Waals surface area (Å²) in [6.45, 7) is 2.41. The average Bonchev–Trinajstić information content (AvgIpc) is 3.07. The maximum absolute atomic E-state index is 13.8. The van der Waals surface area contributed by atoms with Crippen molar-refractivity contribution in [1.82, 2.24) is 25.3 Å². The van der Waals surface area contributed by atoms with Gasteiger partial charge < -0.3 is 10.2 Å². The fourth-order valence-corrected chi connectivity index (χ4v) is 2.91. The van der Waals surface area contributed by atoms with E-state index in [0.717, 1.165) is 0 Å². The first-order chi connectivity index (χ1) is 11.0. The Morgan fingerprint density at radius 1 is 1.52 bits per heavy atom. The number of hydrogen-bond donors (Lipinski definition) is 1. The van der Waals surface area contributed by atoms with Crippen LogP contribution in [0.1, 0.15) is 22.5 Å². The molecule has 1 saturated heterocycles. The average molecular weight is 318 g/mol. The van der Waals surface area contributed by atoms with Crippen molar-refractivity contribution in [1.29, 1.82) is 0 Å². The van der Waals surface area contributed by atoms with Gasteiger partial charge in [-0.3, -0.25) is 9.48 Å². The van der Waals surface area contributed by atoms with Crippen LogP contribution in [0.3, 0.4) is 0 Å². The molecule has 1 fully saturated rings. The number of nitrogens with one attached hydrogen (secondary N) is 1. The first-order valence-corrected chi connectivity index (χ1v) is 7.51. The van der Waals surface area contributed by atoms with Gasteiger partial charge in [0.25, 0.3) is 5.91 Å². The number of carbonyl (C=O) groups is 1. The SMILES string of the molecule is Cc1nn(C)cc1C(=O)NC[C@@H]1C[C@H](F)CN1c1cccnn1. The molecule has 0 unspecified atom stereocenters. The summed E-state index contributed by atoms with van der Waals surface area (Å²) in [5.41, 5.74) is 1.21. The third-order valence-electron chi connectivity index (χ3n) is 3.97. The van der Waals surface area contributed by atoms with Gasteiger partial charge in [0.2, 0.25) is 0 Å². The summed E-state index contributed by atoms with van der Waals surface area (Å²) < 4.78 is 15.4. The minimum Gasteiger partial charge on any atom is -0.350 e. The zero-order chi connectivity index (χ0) is 16.4. The van der Waals surface area contributed by atoms with Gasteiger partial charge in [0.1, 0.15) is 6.17 Å². The summed E-state index contributed by atoms with van der Waals surface area (Å²) in [7, 11) is 1.77. The predicted molar refractivity (Wildman–Crippen MR) is 83.0 cm³/mol. The lowest BCUT2D eigenvalue weighted by Gasteiger charge is -2.24. The molecule has 1 aliphatic rings. The van der Waals surface area contributed by atoms with Crippen molar-refractivity contribution in [3.8, 4) is 0 Å². The predicted octanol–water partition coefficient (Wildman–Crippen LogP) is 0.865. The topological polar surface area (TPSA) is 75.9 Å². The van der Waals surface area contributed by atoms with Crippen LogP contribution < -0.4 is 10.2 Å². The molecule has 0 spiro atoms. The molecular formula is C15H19FN6O. The van der Waals surface area contributed by atoms with E-state index in [1.54, 1.807) is 43.2 Å². The van der Waals surface area contributed by atoms with Crippen molar-refractivity contribution in [2.45, 2.75) is 25.6 Å². The molecule has 0 aromatic carbocycles. The molecule has 122 valence electrons. The highest BCUT2D eigenvalue weighted by Crippen LogP contribution is 2.24. The number of aromatic nitrogens is 4. The fraction of sp³-hybridized carbons (Fsp3) is 0.467. The van der Waals surface area contributed by atoms with E-state index in [4.69, 9.17) is 0 Å². The number of anilines is 1. The Balaban J connectivity index is 1.67. The summed E-state index contributed by atoms with van der Waals surface area (Å²) in [6.07, 6.45) is 2.69. The third kappa shape index (κ3) is 3.30. The van der Waals surface area contributed by atoms with E-state index in [1.165, 1.54) is 0 Å². The first kappa shape index (κ1) is 15.4. The molecule has 3 rings (SSSR count). The molecule has 1 amide bonds. The molecule has 0 aliphatic carbocycles. The molecule has 23 heavy (non-hydrogen) atoms. The summed E-state index contributed by atoms with van der Waals surface area (Å²) in [4.78, 5) is 14.1. The van der Waals surface area contributed by atoms with E-state index >= 15 is 0 Å². The van der Waals surface area contributed by atoms with E-state index in [-0.39, 0.29) is 18.5 Å². The van der Waals surface area contributed by atoms with Gasteiger partial charge in [0, 0.05) is 32.4 Å². The molecule has 7 nitrogen and oxygen atoms in total. The molecule has 8 heteroatoms. The zero-order valence-corrected chi connectivity index (χ0v) is 13.1. The summed E-state index contributed by atoms with van der Waals surface area (Å²) >= 11 is 0. The Morgan fingerprint density at radius 2 is 2.35 bits per heavy atom. The van der Waals surface area contributed by atoms with Crippen LogP contribution in [-0.2, 0) is 7.05 Å². The van der Waals surface area contributed by atoms with Gasteiger partial charge >= 0.3 is 0 Å². The number of rotatable bonds is 4. The van der Waals surface area contributed by atoms with Crippen molar-refractivity contribution in [2.24, 2.45) is 7.05 Å². The Kier molecular flexibility index (Phi) is 4.22. The highest BCUT2D eigenvalue weighted by atomic mass is 19.1. The van der Waals surface area contributed by atoms with Crippen molar-refractivity contribution >= 4 is 11.7 Å². The largest absolute Gasteiger partial charge is 0.350 e. The molecule has 2 aromatic rings. The smallest absolute Gasteiger partial charge is 0.254 e. The molecule has 3 heterocycles. The van der Waals surface area contributed by atoms with Gasteiger partial charge in [0.05, 0.1) is 23.8 Å². The normalized spacial score (nSPS) is 20.7. The number of hydrogen-bond acceptors (Lipinski definition) is 5. The van der Waals surface area contributed by atoms with Crippen LogP contribution in [0.15, 0.2) is 24.5 Å². The minimum atomic E-state index is -0.931. The number of nitrogens with zero attached hydrogens (tertiary/aromatic N) is 5. The van der Waals surface area contributed by atoms with E-state index in [2.05, 4.69) is 20.6 Å². The third-order valence-corrected chi connectivity index (χ3v) is 3.97. The van der Waals surface area contributed by atoms with Crippen LogP contribution in [0.4, 0.5) is 10.2 Å². The maximum atomic E-state index is 13.8. The van der Waals surface area contributed by atoms with E-state index in [1.807, 2.05) is 4.90 Å². The van der Waals surface area contributed by atoms with Crippen molar-refractivity contribution in [3.05, 3.63) is 35.8 Å². The van der Waals surface area contributed by atoms with Crippen LogP contribution >= 0.6 is 0 Å². The van der Waals surface area contributed by atoms with E-state index < -0.39 is 6.17 Å². The standard InChI is InChI=1S/C15H19FN6O/c1-10-13(9-21(2)20-10)15(23)17-7-12-6-11(16)8-22(12)14-4-3-5-18-19-14/h3-5,9,11-12H,6-8H2,1-2H3,(H,17,23)/t11-,12-/m0/s1. The van der Waals surface area contributed by atoms with Crippen molar-refractivity contribution < 1.29 is 9.18 Å². The second-order valence-electron chi connectivity index (χ2n) is 5.73. The first-order valence-electron chi connectivity index (χ1n) is 7.51. The molecule has 2 aromatic heterocycles. The number of aryl methyl sites for hydroxylation is 2. The maximum Gasteiger partial charge on any atom is 0.254 e. The molecule has 0 radical (unpaired) electrons. The van der Waals surface area contributed by atoms with Gasteiger partial charge in [-0.25, -0.2) is 4.39 Å². The monoisotopic (exact) mass is 318 g/mol. The lowest BCUT2D eigenvalue weighted by Crippen LogP contribution is -2.40. The fourth-order valence-electron chi connectivity index (χ4n) is 2.91. The molecule has 0 bridgehead atoms. The Hall–Kier alpha value is -2.51. The zero-order valence-electron chi connectivity index (χ0n) is 13.1. The van der Waals surface area contributed by atoms with E-state index in [0.29, 0.717) is 30.0 Å². The summed E-state index contributed by atoms with van der Waals surface area (Å²) in [5, 5.41) is 14.9. The van der Waals surface area contributed by atoms with Crippen molar-refractivity contribution in [3.63, 3.8) is 0 Å². The van der Waals surface area contributed by atoms with Gasteiger partial charge in [-0.05, 0) is 19.1 Å². The van der Waals surface area contributed by atoms with Crippen LogP contribution in [-0.4, -0.2) is 51.2 Å². The molecule has 0 saturated carbocycles. The van der Waals surface area contributed by atoms with Crippen LogP contribution in [0, 0.1) is 6.92 Å². The van der Waals surface area contributed by atoms with Crippen LogP contribution in [0.2, 0.25) is 0 Å². The summed E-state index contributed by atoms with van der Waals surface area (Å²) in [6, 6.07) is 3.43. The molecule has 2 atom stereocenters. The Morgan fingerprint density at radius 3 is 3.00 bits per heavy atom. The molecule has 1 aliphatic heterocycles. The molecular weight excluding hydrogens is 299 g/mol. The second kappa shape index (κ2) is 6.31. The van der Waals surface area contributed by atoms with Crippen molar-refractivity contribution in [2.75, 3.05) is 18.0 Å². The van der Waals surface area contributed by atoms with Gasteiger partial charge in [-0.15, -0.1) is 5.10 Å². The summed E-state index contributed by atoms with van der Waals surface area (Å²) in [5.74, 6) is 0.432. The molecule has 1 N–H and O–H groups in total.